The van der Waals surface area contributed by atoms with Gasteiger partial charge in [0, 0.05) is 11.1 Å². The number of aryl methyl sites for hydroxylation is 1. The molecule has 138 valence electrons. The maximum absolute atomic E-state index is 2.57. The van der Waals surface area contributed by atoms with Crippen LogP contribution in [0.4, 0.5) is 0 Å². The number of unbranched alkanes of at least 4 members (excludes halogenated alkanes) is 3. The van der Waals surface area contributed by atoms with Gasteiger partial charge in [0.25, 0.3) is 0 Å². The summed E-state index contributed by atoms with van der Waals surface area (Å²) < 4.78 is 4.00. The average Bonchev–Trinajstić information content (AvgIpc) is 3.30. The Morgan fingerprint density at radius 3 is 2.70 bits per heavy atom. The number of nitrogens with zero attached hydrogens (tertiary/aromatic N) is 1. The zero-order chi connectivity index (χ0) is 18.2. The van der Waals surface area contributed by atoms with Crippen molar-refractivity contribution in [2.75, 3.05) is 0 Å². The van der Waals surface area contributed by atoms with Crippen LogP contribution in [0.1, 0.15) is 62.6 Å². The van der Waals surface area contributed by atoms with Crippen LogP contribution in [0.15, 0.2) is 53.9 Å². The highest BCUT2D eigenvalue weighted by molar-refractivity contribution is 7.17. The van der Waals surface area contributed by atoms with E-state index in [1.165, 1.54) is 82.9 Å². The molecule has 0 aliphatic heterocycles. The van der Waals surface area contributed by atoms with Gasteiger partial charge < -0.3 is 4.57 Å². The molecule has 0 saturated heterocycles. The van der Waals surface area contributed by atoms with Crippen molar-refractivity contribution in [1.82, 2.24) is 4.57 Å². The van der Waals surface area contributed by atoms with Crippen LogP contribution in [0, 0.1) is 0 Å². The van der Waals surface area contributed by atoms with Crippen molar-refractivity contribution in [2.45, 2.75) is 57.8 Å². The van der Waals surface area contributed by atoms with Gasteiger partial charge in [-0.25, -0.2) is 0 Å². The Hall–Kier alpha value is -2.06. The molecule has 2 heterocycles. The van der Waals surface area contributed by atoms with Crippen LogP contribution in [-0.4, -0.2) is 4.57 Å². The number of aromatic nitrogens is 1. The highest BCUT2D eigenvalue weighted by atomic mass is 32.1. The van der Waals surface area contributed by atoms with Gasteiger partial charge in [0.05, 0.1) is 15.9 Å². The van der Waals surface area contributed by atoms with Crippen molar-refractivity contribution in [3.05, 3.63) is 65.2 Å². The second-order valence-corrected chi connectivity index (χ2v) is 8.92. The van der Waals surface area contributed by atoms with E-state index in [4.69, 9.17) is 0 Å². The summed E-state index contributed by atoms with van der Waals surface area (Å²) >= 11 is 1.88. The molecule has 0 atom stereocenters. The van der Waals surface area contributed by atoms with Crippen LogP contribution in [-0.2, 0) is 6.42 Å². The largest absolute Gasteiger partial charge is 0.312 e. The summed E-state index contributed by atoms with van der Waals surface area (Å²) in [4.78, 5) is 0. The summed E-state index contributed by atoms with van der Waals surface area (Å²) in [7, 11) is 0. The topological polar surface area (TPSA) is 4.93 Å². The Balaban J connectivity index is 1.65. The van der Waals surface area contributed by atoms with Gasteiger partial charge in [-0.3, -0.25) is 0 Å². The highest BCUT2D eigenvalue weighted by Crippen LogP contribution is 2.44. The molecular formula is C25H27NS. The first-order valence-corrected chi connectivity index (χ1v) is 11.3. The lowest BCUT2D eigenvalue weighted by Crippen LogP contribution is -2.00. The first-order valence-electron chi connectivity index (χ1n) is 10.5. The lowest BCUT2D eigenvalue weighted by Gasteiger charge is -2.14. The minimum atomic E-state index is 0.737. The molecule has 1 nitrogen and oxygen atoms in total. The van der Waals surface area contributed by atoms with E-state index in [0.29, 0.717) is 0 Å². The van der Waals surface area contributed by atoms with E-state index in [1.54, 1.807) is 0 Å². The molecule has 0 N–H and O–H groups in total. The van der Waals surface area contributed by atoms with Crippen molar-refractivity contribution in [1.29, 1.82) is 0 Å². The predicted molar refractivity (Wildman–Crippen MR) is 118 cm³/mol. The molecule has 0 radical (unpaired) electrons. The Bertz CT molecular complexity index is 1080. The second kappa shape index (κ2) is 7.16. The maximum atomic E-state index is 2.57. The predicted octanol–water partition coefficient (Wildman–Crippen LogP) is 7.85. The second-order valence-electron chi connectivity index (χ2n) is 8.00. The zero-order valence-electron chi connectivity index (χ0n) is 16.1. The van der Waals surface area contributed by atoms with Gasteiger partial charge in [0.2, 0.25) is 0 Å². The van der Waals surface area contributed by atoms with Gasteiger partial charge >= 0.3 is 0 Å². The Kier molecular flexibility index (Phi) is 4.53. The molecule has 0 bridgehead atoms. The third-order valence-electron chi connectivity index (χ3n) is 5.89. The molecular weight excluding hydrogens is 346 g/mol. The SMILES string of the molecule is CCCCCCc1cc(-n2c(C3CC3)cc3ccccc32)c2sccc2c1. The molecule has 0 amide bonds. The fourth-order valence-corrected chi connectivity index (χ4v) is 5.20. The van der Waals surface area contributed by atoms with Crippen LogP contribution in [0.3, 0.4) is 0 Å². The van der Waals surface area contributed by atoms with Crippen molar-refractivity contribution < 1.29 is 0 Å². The average molecular weight is 374 g/mol. The van der Waals surface area contributed by atoms with E-state index in [2.05, 4.69) is 65.4 Å². The van der Waals surface area contributed by atoms with E-state index in [0.717, 1.165) is 5.92 Å². The minimum Gasteiger partial charge on any atom is -0.312 e. The molecule has 2 heteroatoms. The van der Waals surface area contributed by atoms with Crippen LogP contribution in [0.25, 0.3) is 26.7 Å². The standard InChI is InChI=1S/C25H27NS/c1-2-3-4-5-8-18-15-21-13-14-27-25(21)24(16-18)26-22-10-7-6-9-20(22)17-23(26)19-11-12-19/h6-7,9-10,13-17,19H,2-5,8,11-12H2,1H3. The molecule has 5 rings (SSSR count). The Morgan fingerprint density at radius 1 is 0.963 bits per heavy atom. The molecule has 4 aromatic rings. The van der Waals surface area contributed by atoms with E-state index in [9.17, 15) is 0 Å². The van der Waals surface area contributed by atoms with E-state index >= 15 is 0 Å². The summed E-state index contributed by atoms with van der Waals surface area (Å²) in [5, 5.41) is 5.03. The first kappa shape index (κ1) is 17.1. The summed E-state index contributed by atoms with van der Waals surface area (Å²) in [5.41, 5.74) is 5.76. The molecule has 27 heavy (non-hydrogen) atoms. The number of thiophene rings is 1. The Morgan fingerprint density at radius 2 is 1.85 bits per heavy atom. The zero-order valence-corrected chi connectivity index (χ0v) is 16.9. The smallest absolute Gasteiger partial charge is 0.0639 e. The summed E-state index contributed by atoms with van der Waals surface area (Å²) in [6.45, 7) is 2.28. The summed E-state index contributed by atoms with van der Waals surface area (Å²) in [6, 6.07) is 18.5. The van der Waals surface area contributed by atoms with Crippen molar-refractivity contribution in [2.24, 2.45) is 0 Å². The molecule has 1 aliphatic rings. The monoisotopic (exact) mass is 373 g/mol. The summed E-state index contributed by atoms with van der Waals surface area (Å²) in [5.74, 6) is 0.737. The van der Waals surface area contributed by atoms with E-state index < -0.39 is 0 Å². The quantitative estimate of drug-likeness (QED) is 0.291. The molecule has 0 unspecified atom stereocenters. The van der Waals surface area contributed by atoms with Gasteiger partial charge in [-0.2, -0.15) is 0 Å². The molecule has 0 spiro atoms. The van der Waals surface area contributed by atoms with Crippen molar-refractivity contribution >= 4 is 32.3 Å². The van der Waals surface area contributed by atoms with Crippen molar-refractivity contribution in [3.63, 3.8) is 0 Å². The van der Waals surface area contributed by atoms with E-state index in [-0.39, 0.29) is 0 Å². The van der Waals surface area contributed by atoms with Crippen LogP contribution in [0.5, 0.6) is 0 Å². The van der Waals surface area contributed by atoms with Gasteiger partial charge in [-0.15, -0.1) is 11.3 Å². The lowest BCUT2D eigenvalue weighted by molar-refractivity contribution is 0.667. The number of hydrogen-bond acceptors (Lipinski definition) is 1. The van der Waals surface area contributed by atoms with Gasteiger partial charge in [0.15, 0.2) is 0 Å². The molecule has 2 aromatic carbocycles. The van der Waals surface area contributed by atoms with Gasteiger partial charge in [-0.1, -0.05) is 50.5 Å². The Labute approximate surface area is 165 Å². The lowest BCUT2D eigenvalue weighted by atomic mass is 10.0. The normalized spacial score (nSPS) is 14.4. The molecule has 2 aromatic heterocycles. The van der Waals surface area contributed by atoms with Gasteiger partial charge in [0.1, 0.15) is 0 Å². The number of para-hydroxylation sites is 1. The first-order chi connectivity index (χ1) is 13.3. The number of hydrogen-bond donors (Lipinski definition) is 0. The van der Waals surface area contributed by atoms with Crippen LogP contribution >= 0.6 is 11.3 Å². The fraction of sp³-hybridized carbons (Fsp3) is 0.360. The number of benzene rings is 2. The third-order valence-corrected chi connectivity index (χ3v) is 6.84. The summed E-state index contributed by atoms with van der Waals surface area (Å²) in [6.07, 6.45) is 9.15. The number of fused-ring (bicyclic) bond motifs is 2. The fourth-order valence-electron chi connectivity index (χ4n) is 4.31. The number of rotatable bonds is 7. The molecule has 1 aliphatic carbocycles. The minimum absolute atomic E-state index is 0.737. The molecule has 1 saturated carbocycles. The van der Waals surface area contributed by atoms with E-state index in [1.807, 2.05) is 11.3 Å². The third kappa shape index (κ3) is 3.21. The van der Waals surface area contributed by atoms with Crippen molar-refractivity contribution in [3.8, 4) is 5.69 Å². The van der Waals surface area contributed by atoms with Crippen LogP contribution in [0.2, 0.25) is 0 Å². The van der Waals surface area contributed by atoms with Gasteiger partial charge in [-0.05, 0) is 72.2 Å². The highest BCUT2D eigenvalue weighted by Gasteiger charge is 2.29. The molecule has 1 fully saturated rings. The van der Waals surface area contributed by atoms with Crippen LogP contribution < -0.4 is 0 Å². The maximum Gasteiger partial charge on any atom is 0.0639 e.